The maximum absolute atomic E-state index is 13.1. The number of fused-ring (bicyclic) bond motifs is 1. The Morgan fingerprint density at radius 2 is 1.79 bits per heavy atom. The van der Waals surface area contributed by atoms with Gasteiger partial charge in [-0.25, -0.2) is 9.97 Å². The van der Waals surface area contributed by atoms with Crippen LogP contribution in [0.5, 0.6) is 0 Å². The summed E-state index contributed by atoms with van der Waals surface area (Å²) in [6.07, 6.45) is 0. The molecule has 29 heavy (non-hydrogen) atoms. The molecule has 3 aromatic rings. The van der Waals surface area contributed by atoms with Crippen molar-refractivity contribution in [3.63, 3.8) is 0 Å². The van der Waals surface area contributed by atoms with Crippen molar-refractivity contribution in [2.24, 2.45) is 0 Å². The summed E-state index contributed by atoms with van der Waals surface area (Å²) in [5.41, 5.74) is 4.05. The summed E-state index contributed by atoms with van der Waals surface area (Å²) in [4.78, 5) is 28.7. The Kier molecular flexibility index (Phi) is 5.27. The number of thiophene rings is 1. The summed E-state index contributed by atoms with van der Waals surface area (Å²) in [5, 5.41) is 4.09. The highest BCUT2D eigenvalue weighted by atomic mass is 32.1. The second kappa shape index (κ2) is 7.72. The molecule has 1 saturated heterocycles. The van der Waals surface area contributed by atoms with Gasteiger partial charge in [-0.1, -0.05) is 17.7 Å². The van der Waals surface area contributed by atoms with Crippen LogP contribution in [-0.2, 0) is 0 Å². The standard InChI is InChI=1S/C22H27N5OS/c1-13-6-7-17(14(2)12-13)25-21(28)19-15(3)18-20(23-16(4)24-22(18)29-19)27-10-8-26(5)9-11-27/h6-7,12H,8-11H2,1-5H3,(H,25,28). The molecule has 1 aliphatic rings. The number of anilines is 2. The molecule has 1 aliphatic heterocycles. The number of nitrogens with zero attached hydrogens (tertiary/aromatic N) is 4. The molecular formula is C22H27N5OS. The van der Waals surface area contributed by atoms with Crippen LogP contribution in [0.2, 0.25) is 0 Å². The Bertz CT molecular complexity index is 1080. The molecule has 152 valence electrons. The molecule has 1 N–H and O–H groups in total. The minimum atomic E-state index is -0.0839. The van der Waals surface area contributed by atoms with Gasteiger partial charge in [0.15, 0.2) is 0 Å². The number of rotatable bonds is 3. The zero-order valence-electron chi connectivity index (χ0n) is 17.7. The number of carbonyl (C=O) groups is 1. The van der Waals surface area contributed by atoms with Gasteiger partial charge in [0.25, 0.3) is 5.91 Å². The molecule has 1 amide bonds. The predicted octanol–water partition coefficient (Wildman–Crippen LogP) is 3.93. The largest absolute Gasteiger partial charge is 0.353 e. The number of piperazine rings is 1. The number of hydrogen-bond acceptors (Lipinski definition) is 6. The molecule has 3 heterocycles. The number of nitrogens with one attached hydrogen (secondary N) is 1. The lowest BCUT2D eigenvalue weighted by molar-refractivity contribution is 0.103. The molecule has 4 rings (SSSR count). The Morgan fingerprint density at radius 3 is 2.48 bits per heavy atom. The highest BCUT2D eigenvalue weighted by Gasteiger charge is 2.24. The van der Waals surface area contributed by atoms with E-state index < -0.39 is 0 Å². The molecule has 0 atom stereocenters. The summed E-state index contributed by atoms with van der Waals surface area (Å²) in [6.45, 7) is 11.9. The minimum absolute atomic E-state index is 0.0839. The van der Waals surface area contributed by atoms with Crippen LogP contribution in [-0.4, -0.2) is 54.0 Å². The number of likely N-dealkylation sites (N-methyl/N-ethyl adjacent to an activating group) is 1. The molecule has 0 radical (unpaired) electrons. The molecule has 0 bridgehead atoms. The van der Waals surface area contributed by atoms with Crippen molar-refractivity contribution in [2.45, 2.75) is 27.7 Å². The van der Waals surface area contributed by atoms with Crippen LogP contribution < -0.4 is 10.2 Å². The summed E-state index contributed by atoms with van der Waals surface area (Å²) >= 11 is 1.45. The van der Waals surface area contributed by atoms with Gasteiger partial charge in [0.1, 0.15) is 16.5 Å². The Hall–Kier alpha value is -2.51. The average Bonchev–Trinajstić information content (AvgIpc) is 3.00. The fourth-order valence-corrected chi connectivity index (χ4v) is 4.93. The molecule has 0 saturated carbocycles. The van der Waals surface area contributed by atoms with Crippen molar-refractivity contribution < 1.29 is 4.79 Å². The summed E-state index contributed by atoms with van der Waals surface area (Å²) in [7, 11) is 2.14. The van der Waals surface area contributed by atoms with Gasteiger partial charge in [0.05, 0.1) is 10.3 Å². The third-order valence-electron chi connectivity index (χ3n) is 5.52. The second-order valence-electron chi connectivity index (χ2n) is 7.89. The smallest absolute Gasteiger partial charge is 0.266 e. The highest BCUT2D eigenvalue weighted by molar-refractivity contribution is 7.20. The third kappa shape index (κ3) is 3.84. The van der Waals surface area contributed by atoms with Crippen LogP contribution in [0.15, 0.2) is 18.2 Å². The van der Waals surface area contributed by atoms with Gasteiger partial charge in [-0.15, -0.1) is 11.3 Å². The van der Waals surface area contributed by atoms with Crippen molar-refractivity contribution in [1.82, 2.24) is 14.9 Å². The number of benzene rings is 1. The van der Waals surface area contributed by atoms with Crippen LogP contribution in [0.25, 0.3) is 10.2 Å². The number of hydrogen-bond donors (Lipinski definition) is 1. The van der Waals surface area contributed by atoms with Gasteiger partial charge < -0.3 is 15.1 Å². The van der Waals surface area contributed by atoms with Crippen molar-refractivity contribution in [3.8, 4) is 0 Å². The van der Waals surface area contributed by atoms with E-state index in [0.717, 1.165) is 64.9 Å². The average molecular weight is 410 g/mol. The van der Waals surface area contributed by atoms with E-state index in [4.69, 9.17) is 4.98 Å². The molecule has 1 fully saturated rings. The fraction of sp³-hybridized carbons (Fsp3) is 0.409. The monoisotopic (exact) mass is 409 g/mol. The molecular weight excluding hydrogens is 382 g/mol. The van der Waals surface area contributed by atoms with Gasteiger partial charge in [-0.3, -0.25) is 4.79 Å². The van der Waals surface area contributed by atoms with E-state index in [-0.39, 0.29) is 5.91 Å². The predicted molar refractivity (Wildman–Crippen MR) is 120 cm³/mol. The van der Waals surface area contributed by atoms with Crippen molar-refractivity contribution in [1.29, 1.82) is 0 Å². The Balaban J connectivity index is 1.71. The molecule has 0 spiro atoms. The van der Waals surface area contributed by atoms with Crippen molar-refractivity contribution in [2.75, 3.05) is 43.4 Å². The first-order chi connectivity index (χ1) is 13.8. The summed E-state index contributed by atoms with van der Waals surface area (Å²) < 4.78 is 0. The van der Waals surface area contributed by atoms with E-state index in [0.29, 0.717) is 4.88 Å². The first-order valence-corrected chi connectivity index (χ1v) is 10.7. The number of carbonyl (C=O) groups excluding carboxylic acids is 1. The Morgan fingerprint density at radius 1 is 1.07 bits per heavy atom. The highest BCUT2D eigenvalue weighted by Crippen LogP contribution is 2.36. The normalized spacial score (nSPS) is 15.1. The first kappa shape index (κ1) is 19.8. The van der Waals surface area contributed by atoms with Crippen LogP contribution in [0.1, 0.15) is 32.2 Å². The lowest BCUT2D eigenvalue weighted by Crippen LogP contribution is -2.45. The van der Waals surface area contributed by atoms with Crippen LogP contribution in [0.3, 0.4) is 0 Å². The number of aromatic nitrogens is 2. The van der Waals surface area contributed by atoms with Crippen LogP contribution in [0.4, 0.5) is 11.5 Å². The fourth-order valence-electron chi connectivity index (χ4n) is 3.82. The van der Waals surface area contributed by atoms with E-state index in [1.54, 1.807) is 0 Å². The van der Waals surface area contributed by atoms with Crippen molar-refractivity contribution >= 4 is 39.0 Å². The SMILES string of the molecule is Cc1ccc(NC(=O)c2sc3nc(C)nc(N4CCN(C)CC4)c3c2C)c(C)c1. The van der Waals surface area contributed by atoms with Gasteiger partial charge in [0.2, 0.25) is 0 Å². The van der Waals surface area contributed by atoms with E-state index >= 15 is 0 Å². The molecule has 0 aliphatic carbocycles. The van der Waals surface area contributed by atoms with Gasteiger partial charge in [-0.2, -0.15) is 0 Å². The van der Waals surface area contributed by atoms with E-state index in [2.05, 4.69) is 40.1 Å². The Labute approximate surface area is 175 Å². The molecule has 0 unspecified atom stereocenters. The third-order valence-corrected chi connectivity index (χ3v) is 6.71. The maximum atomic E-state index is 13.1. The van der Waals surface area contributed by atoms with Gasteiger partial charge in [-0.05, 0) is 51.9 Å². The molecule has 7 heteroatoms. The van der Waals surface area contributed by atoms with E-state index in [9.17, 15) is 4.79 Å². The number of aryl methyl sites for hydroxylation is 4. The first-order valence-electron chi connectivity index (χ1n) is 9.93. The summed E-state index contributed by atoms with van der Waals surface area (Å²) in [5.74, 6) is 1.62. The lowest BCUT2D eigenvalue weighted by Gasteiger charge is -2.33. The zero-order chi connectivity index (χ0) is 20.7. The van der Waals surface area contributed by atoms with Gasteiger partial charge >= 0.3 is 0 Å². The maximum Gasteiger partial charge on any atom is 0.266 e. The molecule has 1 aromatic carbocycles. The van der Waals surface area contributed by atoms with E-state index in [1.165, 1.54) is 16.9 Å². The zero-order valence-corrected chi connectivity index (χ0v) is 18.5. The van der Waals surface area contributed by atoms with E-state index in [1.807, 2.05) is 32.9 Å². The van der Waals surface area contributed by atoms with Crippen LogP contribution >= 0.6 is 11.3 Å². The topological polar surface area (TPSA) is 61.4 Å². The quantitative estimate of drug-likeness (QED) is 0.710. The second-order valence-corrected chi connectivity index (χ2v) is 8.89. The van der Waals surface area contributed by atoms with Gasteiger partial charge in [0, 0.05) is 31.9 Å². The minimum Gasteiger partial charge on any atom is -0.353 e. The molecule has 6 nitrogen and oxygen atoms in total. The number of amides is 1. The van der Waals surface area contributed by atoms with Crippen molar-refractivity contribution in [3.05, 3.63) is 45.6 Å². The molecule has 2 aromatic heterocycles. The summed E-state index contributed by atoms with van der Waals surface area (Å²) in [6, 6.07) is 6.05. The lowest BCUT2D eigenvalue weighted by atomic mass is 10.1. The van der Waals surface area contributed by atoms with Crippen LogP contribution in [0, 0.1) is 27.7 Å².